The average molecular weight is 411 g/mol. The quantitative estimate of drug-likeness (QED) is 0.0936. The predicted octanol–water partition coefficient (Wildman–Crippen LogP) is 8.57. The van der Waals surface area contributed by atoms with Crippen molar-refractivity contribution < 1.29 is 29.7 Å². The molecular formula is C18H36F6NP. The summed E-state index contributed by atoms with van der Waals surface area (Å²) in [5.74, 6) is 0.807. The van der Waals surface area contributed by atoms with Crippen LogP contribution in [0.2, 0.25) is 0 Å². The summed E-state index contributed by atoms with van der Waals surface area (Å²) in [7, 11) is -10.7. The maximum absolute atomic E-state index is 10.7. The number of hydrogen-bond acceptors (Lipinski definition) is 0. The molecule has 0 aliphatic rings. The van der Waals surface area contributed by atoms with E-state index in [1.165, 1.54) is 51.6 Å². The summed E-state index contributed by atoms with van der Waals surface area (Å²) in [5.41, 5.74) is 0. The van der Waals surface area contributed by atoms with E-state index in [1.54, 1.807) is 0 Å². The monoisotopic (exact) mass is 411 g/mol. The van der Waals surface area contributed by atoms with E-state index in [4.69, 9.17) is 0 Å². The Morgan fingerprint density at radius 3 is 1.62 bits per heavy atom. The van der Waals surface area contributed by atoms with Crippen molar-refractivity contribution in [3.05, 3.63) is 25.3 Å². The average Bonchev–Trinajstić information content (AvgIpc) is 2.44. The van der Waals surface area contributed by atoms with E-state index in [1.807, 2.05) is 0 Å². The second-order valence-corrected chi connectivity index (χ2v) is 8.97. The van der Waals surface area contributed by atoms with Gasteiger partial charge < -0.3 is 4.48 Å². The molecule has 0 aromatic heterocycles. The Labute approximate surface area is 155 Å². The Hall–Kier alpha value is -0.550. The van der Waals surface area contributed by atoms with Gasteiger partial charge >= 0.3 is 33.0 Å². The van der Waals surface area contributed by atoms with Crippen molar-refractivity contribution in [3.63, 3.8) is 0 Å². The van der Waals surface area contributed by atoms with Crippen LogP contribution in [0.15, 0.2) is 25.3 Å². The van der Waals surface area contributed by atoms with Crippen LogP contribution < -0.4 is 0 Å². The summed E-state index contributed by atoms with van der Waals surface area (Å²) >= 11 is 0. The van der Waals surface area contributed by atoms with Crippen LogP contribution in [0, 0.1) is 5.92 Å². The third kappa shape index (κ3) is 23.4. The zero-order valence-electron chi connectivity index (χ0n) is 16.4. The molecule has 8 heteroatoms. The van der Waals surface area contributed by atoms with Crippen LogP contribution in [0.5, 0.6) is 0 Å². The van der Waals surface area contributed by atoms with Crippen LogP contribution >= 0.6 is 7.81 Å². The van der Waals surface area contributed by atoms with E-state index < -0.39 is 7.81 Å². The van der Waals surface area contributed by atoms with Gasteiger partial charge in [0, 0.05) is 5.92 Å². The minimum absolute atomic E-state index is 0.807. The molecule has 26 heavy (non-hydrogen) atoms. The summed E-state index contributed by atoms with van der Waals surface area (Å²) in [6.07, 6.45) is 12.5. The molecule has 0 aromatic rings. The van der Waals surface area contributed by atoms with Crippen LogP contribution in [0.25, 0.3) is 0 Å². The normalized spacial score (nSPS) is 15.9. The summed E-state index contributed by atoms with van der Waals surface area (Å²) in [4.78, 5) is 0. The van der Waals surface area contributed by atoms with Gasteiger partial charge in [-0.1, -0.05) is 59.1 Å². The van der Waals surface area contributed by atoms with E-state index in [2.05, 4.69) is 46.1 Å². The standard InChI is InChI=1S/C18H36N.F6P/c1-6-10-11-12-13-14-18(5)17-19(9-4,15-7-2)16-8-3;1-7(2,3,4,5)6/h7-8,18H,2-3,6,9-17H2,1,4-5H3;/q+1;-1. The Morgan fingerprint density at radius 1 is 0.846 bits per heavy atom. The van der Waals surface area contributed by atoms with E-state index >= 15 is 0 Å². The number of quaternary nitrogens is 1. The molecule has 1 nitrogen and oxygen atoms in total. The molecule has 0 spiro atoms. The van der Waals surface area contributed by atoms with E-state index in [9.17, 15) is 25.2 Å². The van der Waals surface area contributed by atoms with Gasteiger partial charge in [-0.05, 0) is 25.5 Å². The minimum atomic E-state index is -10.7. The summed E-state index contributed by atoms with van der Waals surface area (Å²) < 4.78 is 60.3. The molecule has 0 radical (unpaired) electrons. The van der Waals surface area contributed by atoms with Crippen molar-refractivity contribution in [1.82, 2.24) is 0 Å². The van der Waals surface area contributed by atoms with Crippen molar-refractivity contribution >= 4 is 7.81 Å². The second-order valence-electron chi connectivity index (χ2n) is 7.05. The van der Waals surface area contributed by atoms with E-state index in [-0.39, 0.29) is 0 Å². The van der Waals surface area contributed by atoms with Gasteiger partial charge in [0.15, 0.2) is 0 Å². The van der Waals surface area contributed by atoms with Gasteiger partial charge in [-0.3, -0.25) is 0 Å². The summed E-state index contributed by atoms with van der Waals surface area (Å²) in [5, 5.41) is 0. The molecule has 0 heterocycles. The molecule has 0 saturated carbocycles. The molecule has 0 rings (SSSR count). The Kier molecular flexibility index (Phi) is 11.4. The third-order valence-corrected chi connectivity index (χ3v) is 4.20. The Morgan fingerprint density at radius 2 is 1.27 bits per heavy atom. The van der Waals surface area contributed by atoms with Crippen molar-refractivity contribution in [2.75, 3.05) is 26.2 Å². The number of likely N-dealkylation sites (N-methyl/N-ethyl adjacent to an activating group) is 1. The van der Waals surface area contributed by atoms with Crippen LogP contribution in [0.4, 0.5) is 25.2 Å². The summed E-state index contributed by atoms with van der Waals surface area (Å²) in [6.45, 7) is 19.4. The molecule has 160 valence electrons. The molecule has 1 unspecified atom stereocenters. The second kappa shape index (κ2) is 10.7. The van der Waals surface area contributed by atoms with Crippen LogP contribution in [-0.2, 0) is 0 Å². The fourth-order valence-corrected chi connectivity index (χ4v) is 3.01. The Bertz CT molecular complexity index is 383. The zero-order valence-corrected chi connectivity index (χ0v) is 17.3. The number of rotatable bonds is 13. The van der Waals surface area contributed by atoms with Gasteiger partial charge in [0.05, 0.1) is 26.2 Å². The first kappa shape index (κ1) is 27.7. The SMILES string of the molecule is C=CC[N+](CC)(CC=C)CC(C)CCCCCCC.F[P-](F)(F)(F)(F)F. The van der Waals surface area contributed by atoms with Gasteiger partial charge in [-0.15, -0.1) is 0 Å². The zero-order chi connectivity index (χ0) is 21.0. The summed E-state index contributed by atoms with van der Waals surface area (Å²) in [6, 6.07) is 0. The van der Waals surface area contributed by atoms with Gasteiger partial charge in [0.2, 0.25) is 0 Å². The molecule has 0 amide bonds. The third-order valence-electron chi connectivity index (χ3n) is 4.20. The first-order valence-electron chi connectivity index (χ1n) is 9.22. The van der Waals surface area contributed by atoms with Crippen LogP contribution in [0.1, 0.15) is 59.3 Å². The molecule has 0 aromatic carbocycles. The van der Waals surface area contributed by atoms with Crippen LogP contribution in [0.3, 0.4) is 0 Å². The van der Waals surface area contributed by atoms with Gasteiger partial charge in [-0.25, -0.2) is 0 Å². The van der Waals surface area contributed by atoms with E-state index in [0.717, 1.165) is 23.5 Å². The molecule has 0 saturated heterocycles. The molecule has 1 atom stereocenters. The van der Waals surface area contributed by atoms with Crippen LogP contribution in [-0.4, -0.2) is 30.7 Å². The number of halogens is 6. The molecular weight excluding hydrogens is 375 g/mol. The topological polar surface area (TPSA) is 0 Å². The molecule has 0 aliphatic carbocycles. The van der Waals surface area contributed by atoms with Crippen molar-refractivity contribution in [2.24, 2.45) is 5.92 Å². The molecule has 0 N–H and O–H groups in total. The first-order chi connectivity index (χ1) is 11.6. The number of nitrogens with zero attached hydrogens (tertiary/aromatic N) is 1. The number of hydrogen-bond donors (Lipinski definition) is 0. The Balaban J connectivity index is 0. The van der Waals surface area contributed by atoms with Crippen molar-refractivity contribution in [1.29, 1.82) is 0 Å². The van der Waals surface area contributed by atoms with Crippen molar-refractivity contribution in [2.45, 2.75) is 59.3 Å². The van der Waals surface area contributed by atoms with Gasteiger partial charge in [0.25, 0.3) is 0 Å². The molecule has 0 bridgehead atoms. The van der Waals surface area contributed by atoms with E-state index in [0.29, 0.717) is 0 Å². The fourth-order valence-electron chi connectivity index (χ4n) is 3.01. The van der Waals surface area contributed by atoms with Crippen molar-refractivity contribution in [3.8, 4) is 0 Å². The van der Waals surface area contributed by atoms with Gasteiger partial charge in [0.1, 0.15) is 0 Å². The maximum atomic E-state index is 9.87. The number of unbranched alkanes of at least 4 members (excludes halogenated alkanes) is 4. The first-order valence-corrected chi connectivity index (χ1v) is 11.2. The molecule has 0 fully saturated rings. The molecule has 0 aliphatic heterocycles. The fraction of sp³-hybridized carbons (Fsp3) is 0.778. The van der Waals surface area contributed by atoms with Gasteiger partial charge in [-0.2, -0.15) is 0 Å². The predicted molar refractivity (Wildman–Crippen MR) is 102 cm³/mol.